The van der Waals surface area contributed by atoms with E-state index in [-0.39, 0.29) is 5.91 Å². The second-order valence-corrected chi connectivity index (χ2v) is 6.14. The predicted molar refractivity (Wildman–Crippen MR) is 108 cm³/mol. The smallest absolute Gasteiger partial charge is 0.251 e. The molecule has 0 aliphatic carbocycles. The second kappa shape index (κ2) is 9.46. The maximum absolute atomic E-state index is 12.6. The van der Waals surface area contributed by atoms with E-state index in [1.807, 2.05) is 54.6 Å². The Morgan fingerprint density at radius 2 is 1.68 bits per heavy atom. The van der Waals surface area contributed by atoms with Crippen LogP contribution in [0.1, 0.15) is 21.5 Å². The van der Waals surface area contributed by atoms with Gasteiger partial charge in [-0.25, -0.2) is 0 Å². The van der Waals surface area contributed by atoms with Crippen molar-refractivity contribution < 1.29 is 19.0 Å². The van der Waals surface area contributed by atoms with Crippen LogP contribution >= 0.6 is 0 Å². The minimum absolute atomic E-state index is 0.185. The molecule has 5 nitrogen and oxygen atoms in total. The molecule has 0 saturated carbocycles. The molecule has 0 saturated heterocycles. The van der Waals surface area contributed by atoms with Crippen LogP contribution in [0.4, 0.5) is 0 Å². The maximum Gasteiger partial charge on any atom is 0.251 e. The van der Waals surface area contributed by atoms with Gasteiger partial charge < -0.3 is 19.5 Å². The highest BCUT2D eigenvalue weighted by atomic mass is 16.5. The van der Waals surface area contributed by atoms with Gasteiger partial charge in [-0.2, -0.15) is 0 Å². The Bertz CT molecular complexity index is 925. The van der Waals surface area contributed by atoms with Crippen LogP contribution in [0.15, 0.2) is 72.8 Å². The van der Waals surface area contributed by atoms with Crippen molar-refractivity contribution in [2.75, 3.05) is 14.2 Å². The summed E-state index contributed by atoms with van der Waals surface area (Å²) >= 11 is 0. The number of nitrogens with one attached hydrogen (secondary N) is 1. The number of hydrogen-bond acceptors (Lipinski definition) is 4. The Morgan fingerprint density at radius 3 is 2.43 bits per heavy atom. The Morgan fingerprint density at radius 1 is 0.893 bits per heavy atom. The minimum Gasteiger partial charge on any atom is -0.493 e. The largest absolute Gasteiger partial charge is 0.493 e. The van der Waals surface area contributed by atoms with Crippen LogP contribution in [-0.2, 0) is 13.2 Å². The third-order valence-corrected chi connectivity index (χ3v) is 4.27. The van der Waals surface area contributed by atoms with Gasteiger partial charge in [0.05, 0.1) is 14.2 Å². The van der Waals surface area contributed by atoms with E-state index in [1.165, 1.54) is 0 Å². The van der Waals surface area contributed by atoms with Gasteiger partial charge in [0, 0.05) is 17.7 Å². The van der Waals surface area contributed by atoms with E-state index in [0.717, 1.165) is 11.1 Å². The van der Waals surface area contributed by atoms with Crippen molar-refractivity contribution in [3.05, 3.63) is 89.5 Å². The van der Waals surface area contributed by atoms with Gasteiger partial charge in [-0.05, 0) is 29.8 Å². The lowest BCUT2D eigenvalue weighted by Crippen LogP contribution is -2.23. The summed E-state index contributed by atoms with van der Waals surface area (Å²) in [5.74, 6) is 1.71. The number of rotatable bonds is 8. The first-order chi connectivity index (χ1) is 13.7. The maximum atomic E-state index is 12.6. The lowest BCUT2D eigenvalue weighted by molar-refractivity contribution is 0.0950. The summed E-state index contributed by atoms with van der Waals surface area (Å²) in [6, 6.07) is 22.6. The van der Waals surface area contributed by atoms with Crippen LogP contribution in [0.2, 0.25) is 0 Å². The average molecular weight is 377 g/mol. The van der Waals surface area contributed by atoms with Gasteiger partial charge in [-0.1, -0.05) is 48.5 Å². The molecular weight excluding hydrogens is 354 g/mol. The summed E-state index contributed by atoms with van der Waals surface area (Å²) in [6.45, 7) is 0.779. The van der Waals surface area contributed by atoms with Gasteiger partial charge in [-0.15, -0.1) is 0 Å². The molecule has 0 aliphatic heterocycles. The molecule has 28 heavy (non-hydrogen) atoms. The molecule has 0 fully saturated rings. The SMILES string of the molecule is COc1cccc(CNC(=O)c2cccc(OCc3ccccc3)c2)c1OC. The van der Waals surface area contributed by atoms with E-state index in [0.29, 0.717) is 36.0 Å². The normalized spacial score (nSPS) is 10.2. The van der Waals surface area contributed by atoms with E-state index in [9.17, 15) is 4.79 Å². The molecule has 3 aromatic carbocycles. The van der Waals surface area contributed by atoms with Gasteiger partial charge in [0.2, 0.25) is 0 Å². The van der Waals surface area contributed by atoms with Crippen LogP contribution in [-0.4, -0.2) is 20.1 Å². The third-order valence-electron chi connectivity index (χ3n) is 4.27. The van der Waals surface area contributed by atoms with Gasteiger partial charge in [0.15, 0.2) is 11.5 Å². The monoisotopic (exact) mass is 377 g/mol. The van der Waals surface area contributed by atoms with E-state index < -0.39 is 0 Å². The summed E-state index contributed by atoms with van der Waals surface area (Å²) < 4.78 is 16.5. The molecular formula is C23H23NO4. The number of carbonyl (C=O) groups excluding carboxylic acids is 1. The van der Waals surface area contributed by atoms with Crippen molar-refractivity contribution in [2.24, 2.45) is 0 Å². The summed E-state index contributed by atoms with van der Waals surface area (Å²) in [4.78, 5) is 12.6. The Hall–Kier alpha value is -3.47. The van der Waals surface area contributed by atoms with Crippen LogP contribution < -0.4 is 19.5 Å². The van der Waals surface area contributed by atoms with Gasteiger partial charge in [0.25, 0.3) is 5.91 Å². The topological polar surface area (TPSA) is 56.8 Å². The fourth-order valence-electron chi connectivity index (χ4n) is 2.84. The standard InChI is InChI=1S/C23H23NO4/c1-26-21-13-7-11-19(22(21)27-2)15-24-23(25)18-10-6-12-20(14-18)28-16-17-8-4-3-5-9-17/h3-14H,15-16H2,1-2H3,(H,24,25). The van der Waals surface area contributed by atoms with Gasteiger partial charge >= 0.3 is 0 Å². The van der Waals surface area contributed by atoms with Crippen molar-refractivity contribution in [1.82, 2.24) is 5.32 Å². The molecule has 0 unspecified atom stereocenters. The molecule has 144 valence electrons. The molecule has 1 amide bonds. The van der Waals surface area contributed by atoms with Crippen molar-refractivity contribution in [2.45, 2.75) is 13.2 Å². The molecule has 0 aliphatic rings. The molecule has 5 heteroatoms. The second-order valence-electron chi connectivity index (χ2n) is 6.14. The summed E-state index contributed by atoms with van der Waals surface area (Å²) in [5.41, 5.74) is 2.45. The summed E-state index contributed by atoms with van der Waals surface area (Å²) in [7, 11) is 3.16. The number of carbonyl (C=O) groups is 1. The average Bonchev–Trinajstić information content (AvgIpc) is 2.76. The fourth-order valence-corrected chi connectivity index (χ4v) is 2.84. The first kappa shape index (κ1) is 19.3. The van der Waals surface area contributed by atoms with Gasteiger partial charge in [0.1, 0.15) is 12.4 Å². The first-order valence-electron chi connectivity index (χ1n) is 8.96. The van der Waals surface area contributed by atoms with Crippen LogP contribution in [0.3, 0.4) is 0 Å². The highest BCUT2D eigenvalue weighted by Gasteiger charge is 2.12. The lowest BCUT2D eigenvalue weighted by atomic mass is 10.1. The molecule has 0 heterocycles. The number of ether oxygens (including phenoxy) is 3. The number of methoxy groups -OCH3 is 2. The van der Waals surface area contributed by atoms with Crippen LogP contribution in [0, 0.1) is 0 Å². The Kier molecular flexibility index (Phi) is 6.52. The molecule has 0 bridgehead atoms. The summed E-state index contributed by atoms with van der Waals surface area (Å²) in [6.07, 6.45) is 0. The quantitative estimate of drug-likeness (QED) is 0.639. The third kappa shape index (κ3) is 4.82. The van der Waals surface area contributed by atoms with Crippen LogP contribution in [0.5, 0.6) is 17.2 Å². The van der Waals surface area contributed by atoms with E-state index in [1.54, 1.807) is 32.4 Å². The van der Waals surface area contributed by atoms with E-state index in [2.05, 4.69) is 5.32 Å². The Balaban J connectivity index is 1.63. The molecule has 0 aromatic heterocycles. The van der Waals surface area contributed by atoms with Crippen LogP contribution in [0.25, 0.3) is 0 Å². The highest BCUT2D eigenvalue weighted by Crippen LogP contribution is 2.30. The highest BCUT2D eigenvalue weighted by molar-refractivity contribution is 5.94. The molecule has 3 aromatic rings. The molecule has 0 atom stereocenters. The number of hydrogen-bond donors (Lipinski definition) is 1. The van der Waals surface area contributed by atoms with Crippen molar-refractivity contribution >= 4 is 5.91 Å². The molecule has 0 radical (unpaired) electrons. The minimum atomic E-state index is -0.185. The van der Waals surface area contributed by atoms with E-state index >= 15 is 0 Å². The van der Waals surface area contributed by atoms with Crippen molar-refractivity contribution in [3.8, 4) is 17.2 Å². The fraction of sp³-hybridized carbons (Fsp3) is 0.174. The zero-order valence-corrected chi connectivity index (χ0v) is 16.0. The van der Waals surface area contributed by atoms with E-state index in [4.69, 9.17) is 14.2 Å². The number of amides is 1. The first-order valence-corrected chi connectivity index (χ1v) is 8.96. The van der Waals surface area contributed by atoms with Crippen molar-refractivity contribution in [3.63, 3.8) is 0 Å². The zero-order valence-electron chi connectivity index (χ0n) is 16.0. The zero-order chi connectivity index (χ0) is 19.8. The number of benzene rings is 3. The molecule has 0 spiro atoms. The molecule has 1 N–H and O–H groups in total. The van der Waals surface area contributed by atoms with Crippen molar-refractivity contribution in [1.29, 1.82) is 0 Å². The van der Waals surface area contributed by atoms with Gasteiger partial charge in [-0.3, -0.25) is 4.79 Å². The molecule has 3 rings (SSSR count). The Labute approximate surface area is 164 Å². The predicted octanol–water partition coefficient (Wildman–Crippen LogP) is 4.21. The number of para-hydroxylation sites is 1. The lowest BCUT2D eigenvalue weighted by Gasteiger charge is -2.13. The summed E-state index contributed by atoms with van der Waals surface area (Å²) in [5, 5.41) is 2.91.